The molecule has 0 fully saturated rings. The van der Waals surface area contributed by atoms with Gasteiger partial charge in [-0.05, 0) is 37.6 Å². The number of hydrogen-bond donors (Lipinski definition) is 1. The van der Waals surface area contributed by atoms with E-state index >= 15 is 0 Å². The first-order chi connectivity index (χ1) is 8.10. The molecule has 17 heavy (non-hydrogen) atoms. The maximum Gasteiger partial charge on any atom is 0.240 e. The largest absolute Gasteiger partial charge is 0.494 e. The van der Waals surface area contributed by atoms with Crippen molar-refractivity contribution in [3.8, 4) is 5.75 Å². The fourth-order valence-corrected chi connectivity index (χ4v) is 2.42. The van der Waals surface area contributed by atoms with Crippen molar-refractivity contribution in [1.29, 1.82) is 0 Å². The van der Waals surface area contributed by atoms with Gasteiger partial charge in [-0.15, -0.1) is 0 Å². The van der Waals surface area contributed by atoms with Gasteiger partial charge in [-0.25, -0.2) is 13.1 Å². The summed E-state index contributed by atoms with van der Waals surface area (Å²) in [5.74, 6) is 0.681. The third-order valence-corrected chi connectivity index (χ3v) is 3.74. The van der Waals surface area contributed by atoms with Gasteiger partial charge >= 0.3 is 0 Å². The number of sulfonamides is 1. The number of rotatable bonds is 7. The van der Waals surface area contributed by atoms with E-state index in [2.05, 4.69) is 4.72 Å². The zero-order chi connectivity index (χ0) is 12.7. The molecule has 0 aromatic heterocycles. The van der Waals surface area contributed by atoms with Crippen LogP contribution < -0.4 is 9.46 Å². The van der Waals surface area contributed by atoms with Crippen LogP contribution in [0.4, 0.5) is 0 Å². The van der Waals surface area contributed by atoms with E-state index in [-0.39, 0.29) is 4.90 Å². The van der Waals surface area contributed by atoms with Crippen molar-refractivity contribution in [2.75, 3.05) is 13.2 Å². The van der Waals surface area contributed by atoms with Gasteiger partial charge < -0.3 is 4.74 Å². The Bertz CT molecular complexity index is 426. The third-order valence-electron chi connectivity index (χ3n) is 2.27. The molecule has 0 unspecified atom stereocenters. The lowest BCUT2D eigenvalue weighted by molar-refractivity contribution is 0.340. The van der Waals surface area contributed by atoms with Crippen molar-refractivity contribution in [2.45, 2.75) is 31.6 Å². The van der Waals surface area contributed by atoms with Crippen molar-refractivity contribution >= 4 is 10.0 Å². The summed E-state index contributed by atoms with van der Waals surface area (Å²) in [6, 6.07) is 6.44. The second kappa shape index (κ2) is 6.61. The standard InChI is InChI=1S/C12H19NO3S/c1-3-5-10-13-17(14,15)12-8-6-11(7-9-12)16-4-2/h6-9,13H,3-5,10H2,1-2H3. The topological polar surface area (TPSA) is 55.4 Å². The van der Waals surface area contributed by atoms with Crippen LogP contribution in [0, 0.1) is 0 Å². The molecule has 0 saturated carbocycles. The van der Waals surface area contributed by atoms with Gasteiger partial charge in [0.05, 0.1) is 11.5 Å². The Kier molecular flexibility index (Phi) is 5.44. The fraction of sp³-hybridized carbons (Fsp3) is 0.500. The highest BCUT2D eigenvalue weighted by molar-refractivity contribution is 7.89. The number of unbranched alkanes of at least 4 members (excludes halogenated alkanes) is 1. The molecular weight excluding hydrogens is 238 g/mol. The Morgan fingerprint density at radius 1 is 1.18 bits per heavy atom. The summed E-state index contributed by atoms with van der Waals surface area (Å²) in [6.45, 7) is 4.95. The number of ether oxygens (including phenoxy) is 1. The zero-order valence-electron chi connectivity index (χ0n) is 10.3. The van der Waals surface area contributed by atoms with Gasteiger partial charge in [0.25, 0.3) is 0 Å². The van der Waals surface area contributed by atoms with Crippen LogP contribution >= 0.6 is 0 Å². The summed E-state index contributed by atoms with van der Waals surface area (Å²) in [7, 11) is -3.37. The molecule has 1 aromatic rings. The van der Waals surface area contributed by atoms with Crippen LogP contribution in [0.3, 0.4) is 0 Å². The predicted molar refractivity (Wildman–Crippen MR) is 67.7 cm³/mol. The van der Waals surface area contributed by atoms with E-state index in [0.717, 1.165) is 12.8 Å². The highest BCUT2D eigenvalue weighted by Crippen LogP contribution is 2.15. The molecule has 0 radical (unpaired) electrons. The lowest BCUT2D eigenvalue weighted by Gasteiger charge is -2.07. The van der Waals surface area contributed by atoms with Crippen LogP contribution in [0.25, 0.3) is 0 Å². The van der Waals surface area contributed by atoms with Crippen molar-refractivity contribution in [2.24, 2.45) is 0 Å². The van der Waals surface area contributed by atoms with Crippen molar-refractivity contribution in [3.05, 3.63) is 24.3 Å². The predicted octanol–water partition coefficient (Wildman–Crippen LogP) is 2.16. The minimum Gasteiger partial charge on any atom is -0.494 e. The maximum absolute atomic E-state index is 11.8. The molecule has 0 spiro atoms. The second-order valence-corrected chi connectivity index (χ2v) is 5.42. The van der Waals surface area contributed by atoms with E-state index < -0.39 is 10.0 Å². The van der Waals surface area contributed by atoms with Gasteiger partial charge in [0.15, 0.2) is 0 Å². The summed E-state index contributed by atoms with van der Waals surface area (Å²) in [6.07, 6.45) is 1.81. The Balaban J connectivity index is 2.71. The van der Waals surface area contributed by atoms with E-state index in [1.54, 1.807) is 24.3 Å². The molecule has 0 aliphatic heterocycles. The van der Waals surface area contributed by atoms with E-state index in [1.165, 1.54) is 0 Å². The molecule has 0 bridgehead atoms. The average Bonchev–Trinajstić information content (AvgIpc) is 2.30. The Labute approximate surface area is 103 Å². The van der Waals surface area contributed by atoms with Gasteiger partial charge in [-0.1, -0.05) is 13.3 Å². The summed E-state index contributed by atoms with van der Waals surface area (Å²) in [5, 5.41) is 0. The van der Waals surface area contributed by atoms with E-state index in [9.17, 15) is 8.42 Å². The summed E-state index contributed by atoms with van der Waals surface area (Å²) in [4.78, 5) is 0.275. The van der Waals surface area contributed by atoms with E-state index in [1.807, 2.05) is 13.8 Å². The fourth-order valence-electron chi connectivity index (χ4n) is 1.35. The summed E-state index contributed by atoms with van der Waals surface area (Å²) in [5.41, 5.74) is 0. The van der Waals surface area contributed by atoms with Gasteiger partial charge in [0.1, 0.15) is 5.75 Å². The second-order valence-electron chi connectivity index (χ2n) is 3.66. The van der Waals surface area contributed by atoms with Crippen LogP contribution in [0.5, 0.6) is 5.75 Å². The SMILES string of the molecule is CCCCNS(=O)(=O)c1ccc(OCC)cc1. The van der Waals surface area contributed by atoms with Crippen molar-refractivity contribution in [1.82, 2.24) is 4.72 Å². The Morgan fingerprint density at radius 3 is 2.35 bits per heavy atom. The first-order valence-electron chi connectivity index (χ1n) is 5.82. The van der Waals surface area contributed by atoms with Crippen molar-refractivity contribution < 1.29 is 13.2 Å². The molecule has 0 amide bonds. The van der Waals surface area contributed by atoms with Crippen LogP contribution in [0.15, 0.2) is 29.2 Å². The molecule has 0 aliphatic carbocycles. The third kappa shape index (κ3) is 4.36. The smallest absolute Gasteiger partial charge is 0.240 e. The summed E-state index contributed by atoms with van der Waals surface area (Å²) >= 11 is 0. The Morgan fingerprint density at radius 2 is 1.82 bits per heavy atom. The molecule has 0 atom stereocenters. The highest BCUT2D eigenvalue weighted by Gasteiger charge is 2.12. The lowest BCUT2D eigenvalue weighted by atomic mass is 10.3. The normalized spacial score (nSPS) is 11.4. The van der Waals surface area contributed by atoms with Crippen LogP contribution in [-0.2, 0) is 10.0 Å². The van der Waals surface area contributed by atoms with Gasteiger partial charge in [-0.2, -0.15) is 0 Å². The molecule has 0 saturated heterocycles. The molecule has 0 aliphatic rings. The van der Waals surface area contributed by atoms with Crippen LogP contribution in [0.2, 0.25) is 0 Å². The van der Waals surface area contributed by atoms with Gasteiger partial charge in [0.2, 0.25) is 10.0 Å². The quantitative estimate of drug-likeness (QED) is 0.762. The van der Waals surface area contributed by atoms with Crippen LogP contribution in [-0.4, -0.2) is 21.6 Å². The Hall–Kier alpha value is -1.07. The minimum absolute atomic E-state index is 0.275. The van der Waals surface area contributed by atoms with E-state index in [4.69, 9.17) is 4.74 Å². The first kappa shape index (κ1) is 14.0. The molecule has 1 aromatic carbocycles. The van der Waals surface area contributed by atoms with Gasteiger partial charge in [-0.3, -0.25) is 0 Å². The first-order valence-corrected chi connectivity index (χ1v) is 7.31. The highest BCUT2D eigenvalue weighted by atomic mass is 32.2. The molecule has 1 N–H and O–H groups in total. The number of benzene rings is 1. The molecule has 96 valence electrons. The number of hydrogen-bond acceptors (Lipinski definition) is 3. The van der Waals surface area contributed by atoms with Crippen LogP contribution in [0.1, 0.15) is 26.7 Å². The molecule has 1 rings (SSSR count). The lowest BCUT2D eigenvalue weighted by Crippen LogP contribution is -2.24. The zero-order valence-corrected chi connectivity index (χ0v) is 11.1. The number of nitrogens with one attached hydrogen (secondary N) is 1. The average molecular weight is 257 g/mol. The summed E-state index contributed by atoms with van der Waals surface area (Å²) < 4.78 is 31.5. The molecule has 0 heterocycles. The molecule has 4 nitrogen and oxygen atoms in total. The monoisotopic (exact) mass is 257 g/mol. The maximum atomic E-state index is 11.8. The van der Waals surface area contributed by atoms with Crippen molar-refractivity contribution in [3.63, 3.8) is 0 Å². The molecular formula is C12H19NO3S. The minimum atomic E-state index is -3.37. The van der Waals surface area contributed by atoms with Gasteiger partial charge in [0, 0.05) is 6.54 Å². The van der Waals surface area contributed by atoms with E-state index in [0.29, 0.717) is 18.9 Å². The molecule has 5 heteroatoms.